The summed E-state index contributed by atoms with van der Waals surface area (Å²) in [5, 5.41) is 1.56. The van der Waals surface area contributed by atoms with Crippen LogP contribution in [0.2, 0.25) is 5.02 Å². The smallest absolute Gasteiger partial charge is 0.192 e. The highest BCUT2D eigenvalue weighted by molar-refractivity contribution is 7.83. The molecule has 0 aliphatic heterocycles. The van der Waals surface area contributed by atoms with Gasteiger partial charge in [-0.2, -0.15) is 0 Å². The van der Waals surface area contributed by atoms with E-state index in [2.05, 4.69) is 14.7 Å². The average molecular weight is 461 g/mol. The van der Waals surface area contributed by atoms with Crippen LogP contribution in [0.15, 0.2) is 82.7 Å². The Hall–Kier alpha value is -3.39. The van der Waals surface area contributed by atoms with Gasteiger partial charge in [-0.1, -0.05) is 48.0 Å². The van der Waals surface area contributed by atoms with Crippen molar-refractivity contribution < 1.29 is 4.21 Å². The first-order valence-electron chi connectivity index (χ1n) is 9.83. The summed E-state index contributed by atoms with van der Waals surface area (Å²) in [7, 11) is -0.0943. The van der Waals surface area contributed by atoms with Crippen LogP contribution in [0.1, 0.15) is 0 Å². The molecule has 0 saturated heterocycles. The standard InChI is InChI=1S/C24H17ClN4O2S/c1-26-32(31)23-19(16-12-15-8-5-10-27-21(15)17(25)13-16)22(14-6-3-2-4-7-14)29-24-20(23)18(30)9-11-28-24/h2-13,26H,1H3,(H,28,29,30). The monoisotopic (exact) mass is 460 g/mol. The zero-order chi connectivity index (χ0) is 22.2. The average Bonchev–Trinajstić information content (AvgIpc) is 2.83. The summed E-state index contributed by atoms with van der Waals surface area (Å²) in [6.45, 7) is 0. The maximum atomic E-state index is 13.3. The molecule has 0 amide bonds. The van der Waals surface area contributed by atoms with Crippen molar-refractivity contribution in [2.75, 3.05) is 7.05 Å². The molecule has 2 aromatic carbocycles. The predicted octanol–water partition coefficient (Wildman–Crippen LogP) is 4.70. The second-order valence-corrected chi connectivity index (χ2v) is 8.86. The SMILES string of the molecule is CNS(=O)c1c(-c2cc(Cl)c3ncccc3c2)c(-c2ccccc2)nc2[nH]ccc(=O)c12. The zero-order valence-electron chi connectivity index (χ0n) is 16.9. The third kappa shape index (κ3) is 3.40. The normalized spacial score (nSPS) is 12.3. The molecule has 0 radical (unpaired) electrons. The first-order valence-corrected chi connectivity index (χ1v) is 11.4. The van der Waals surface area contributed by atoms with Gasteiger partial charge in [0, 0.05) is 35.0 Å². The van der Waals surface area contributed by atoms with E-state index in [1.54, 1.807) is 19.3 Å². The Morgan fingerprint density at radius 1 is 1.03 bits per heavy atom. The third-order valence-corrected chi connectivity index (χ3v) is 6.66. The van der Waals surface area contributed by atoms with Crippen molar-refractivity contribution in [3.8, 4) is 22.4 Å². The maximum Gasteiger partial charge on any atom is 0.192 e. The highest BCUT2D eigenvalue weighted by Gasteiger charge is 2.24. The van der Waals surface area contributed by atoms with Crippen molar-refractivity contribution in [1.82, 2.24) is 19.7 Å². The van der Waals surface area contributed by atoms with E-state index in [4.69, 9.17) is 16.6 Å². The van der Waals surface area contributed by atoms with Gasteiger partial charge in [0.15, 0.2) is 5.43 Å². The van der Waals surface area contributed by atoms with Gasteiger partial charge in [-0.25, -0.2) is 13.9 Å². The number of pyridine rings is 3. The summed E-state index contributed by atoms with van der Waals surface area (Å²) < 4.78 is 16.1. The van der Waals surface area contributed by atoms with Gasteiger partial charge in [0.05, 0.1) is 26.5 Å². The van der Waals surface area contributed by atoms with Crippen LogP contribution in [0.25, 0.3) is 44.3 Å². The number of nitrogens with zero attached hydrogens (tertiary/aromatic N) is 2. The molecular weight excluding hydrogens is 444 g/mol. The molecule has 32 heavy (non-hydrogen) atoms. The van der Waals surface area contributed by atoms with Crippen molar-refractivity contribution in [3.63, 3.8) is 0 Å². The Morgan fingerprint density at radius 2 is 1.84 bits per heavy atom. The van der Waals surface area contributed by atoms with E-state index >= 15 is 0 Å². The van der Waals surface area contributed by atoms with E-state index in [0.29, 0.717) is 37.9 Å². The Morgan fingerprint density at radius 3 is 2.62 bits per heavy atom. The maximum absolute atomic E-state index is 13.3. The minimum absolute atomic E-state index is 0.265. The van der Waals surface area contributed by atoms with E-state index < -0.39 is 11.0 Å². The second kappa shape index (κ2) is 8.27. The topological polar surface area (TPSA) is 87.7 Å². The minimum atomic E-state index is -1.68. The summed E-state index contributed by atoms with van der Waals surface area (Å²) in [5.74, 6) is 0. The number of aromatic nitrogens is 3. The molecule has 3 heterocycles. The van der Waals surface area contributed by atoms with Gasteiger partial charge in [-0.15, -0.1) is 0 Å². The Bertz CT molecular complexity index is 1570. The number of hydrogen-bond acceptors (Lipinski definition) is 4. The molecule has 1 atom stereocenters. The lowest BCUT2D eigenvalue weighted by atomic mass is 9.96. The largest absolute Gasteiger partial charge is 0.346 e. The molecular formula is C24H17ClN4O2S. The number of nitrogens with one attached hydrogen (secondary N) is 2. The van der Waals surface area contributed by atoms with Crippen LogP contribution >= 0.6 is 11.6 Å². The number of benzene rings is 2. The number of fused-ring (bicyclic) bond motifs is 2. The molecule has 0 fully saturated rings. The molecule has 0 saturated carbocycles. The van der Waals surface area contributed by atoms with Crippen molar-refractivity contribution in [2.45, 2.75) is 4.90 Å². The molecule has 158 valence electrons. The zero-order valence-corrected chi connectivity index (χ0v) is 18.5. The Balaban J connectivity index is 2.00. The van der Waals surface area contributed by atoms with Crippen LogP contribution in [0, 0.1) is 0 Å². The molecule has 5 rings (SSSR count). The molecule has 0 spiro atoms. The van der Waals surface area contributed by atoms with Crippen LogP contribution in [-0.2, 0) is 11.0 Å². The molecule has 0 aliphatic rings. The van der Waals surface area contributed by atoms with E-state index in [1.807, 2.05) is 48.5 Å². The van der Waals surface area contributed by atoms with E-state index in [9.17, 15) is 9.00 Å². The number of H-pyrrole nitrogens is 1. The molecule has 0 aliphatic carbocycles. The first-order chi connectivity index (χ1) is 15.6. The summed E-state index contributed by atoms with van der Waals surface area (Å²) in [4.78, 5) is 25.4. The third-order valence-electron chi connectivity index (χ3n) is 5.22. The van der Waals surface area contributed by atoms with Crippen molar-refractivity contribution in [3.05, 3.63) is 88.3 Å². The lowest BCUT2D eigenvalue weighted by molar-refractivity contribution is 0.678. The summed E-state index contributed by atoms with van der Waals surface area (Å²) in [6.07, 6.45) is 3.22. The molecule has 0 bridgehead atoms. The summed E-state index contributed by atoms with van der Waals surface area (Å²) >= 11 is 6.58. The quantitative estimate of drug-likeness (QED) is 0.407. The van der Waals surface area contributed by atoms with Crippen LogP contribution in [0.3, 0.4) is 0 Å². The second-order valence-electron chi connectivity index (χ2n) is 7.10. The van der Waals surface area contributed by atoms with Gasteiger partial charge in [-0.05, 0) is 30.8 Å². The molecule has 5 aromatic rings. The summed E-state index contributed by atoms with van der Waals surface area (Å²) in [6, 6.07) is 18.4. The van der Waals surface area contributed by atoms with Gasteiger partial charge in [-0.3, -0.25) is 9.78 Å². The molecule has 3 aromatic heterocycles. The number of halogens is 1. The van der Waals surface area contributed by atoms with E-state index in [1.165, 1.54) is 12.3 Å². The van der Waals surface area contributed by atoms with Crippen molar-refractivity contribution in [1.29, 1.82) is 0 Å². The van der Waals surface area contributed by atoms with E-state index in [0.717, 1.165) is 10.9 Å². The lowest BCUT2D eigenvalue weighted by Crippen LogP contribution is -2.17. The minimum Gasteiger partial charge on any atom is -0.346 e. The Labute approximate surface area is 190 Å². The van der Waals surface area contributed by atoms with Crippen molar-refractivity contribution >= 4 is 44.5 Å². The van der Waals surface area contributed by atoms with Gasteiger partial charge >= 0.3 is 0 Å². The fourth-order valence-electron chi connectivity index (χ4n) is 3.83. The van der Waals surface area contributed by atoms with Gasteiger partial charge in [0.2, 0.25) is 0 Å². The number of hydrogen-bond donors (Lipinski definition) is 2. The summed E-state index contributed by atoms with van der Waals surface area (Å²) in [5.41, 5.74) is 3.48. The van der Waals surface area contributed by atoms with Crippen LogP contribution in [0.4, 0.5) is 0 Å². The molecule has 1 unspecified atom stereocenters. The Kier molecular flexibility index (Phi) is 5.30. The molecule has 2 N–H and O–H groups in total. The van der Waals surface area contributed by atoms with E-state index in [-0.39, 0.29) is 10.8 Å². The number of rotatable bonds is 4. The van der Waals surface area contributed by atoms with Crippen LogP contribution in [0.5, 0.6) is 0 Å². The first kappa shape index (κ1) is 20.5. The van der Waals surface area contributed by atoms with Gasteiger partial charge < -0.3 is 4.98 Å². The fraction of sp³-hybridized carbons (Fsp3) is 0.0417. The van der Waals surface area contributed by atoms with Gasteiger partial charge in [0.1, 0.15) is 16.6 Å². The molecule has 6 nitrogen and oxygen atoms in total. The van der Waals surface area contributed by atoms with Crippen LogP contribution in [-0.4, -0.2) is 26.2 Å². The highest BCUT2D eigenvalue weighted by atomic mass is 35.5. The lowest BCUT2D eigenvalue weighted by Gasteiger charge is -2.17. The number of aromatic amines is 1. The highest BCUT2D eigenvalue weighted by Crippen LogP contribution is 2.40. The fourth-order valence-corrected chi connectivity index (χ4v) is 5.09. The predicted molar refractivity (Wildman–Crippen MR) is 129 cm³/mol. The molecule has 8 heteroatoms. The van der Waals surface area contributed by atoms with Gasteiger partial charge in [0.25, 0.3) is 0 Å². The van der Waals surface area contributed by atoms with Crippen molar-refractivity contribution in [2.24, 2.45) is 0 Å². The van der Waals surface area contributed by atoms with Crippen LogP contribution < -0.4 is 10.2 Å².